The van der Waals surface area contributed by atoms with Gasteiger partial charge in [-0.15, -0.1) is 0 Å². The van der Waals surface area contributed by atoms with Crippen molar-refractivity contribution in [3.8, 4) is 0 Å². The van der Waals surface area contributed by atoms with Gasteiger partial charge in [0.25, 0.3) is 0 Å². The molecule has 0 bridgehead atoms. The molecule has 0 unspecified atom stereocenters. The molecule has 1 N–H and O–H groups in total. The van der Waals surface area contributed by atoms with Gasteiger partial charge in [-0.05, 0) is 26.4 Å². The van der Waals surface area contributed by atoms with Crippen LogP contribution < -0.4 is 0 Å². The molecule has 3 heteroatoms. The minimum Gasteiger partial charge on any atom is -0.396 e. The zero-order chi connectivity index (χ0) is 7.98. The van der Waals surface area contributed by atoms with Crippen LogP contribution in [0.1, 0.15) is 12.8 Å². The first-order valence-electron chi connectivity index (χ1n) is 3.65. The molecule has 0 fully saturated rings. The first-order valence-corrected chi connectivity index (χ1v) is 3.65. The normalized spacial score (nSPS) is 10.4. The number of rotatable bonds is 5. The third kappa shape index (κ3) is 8.32. The Kier molecular flexibility index (Phi) is 10.8. The summed E-state index contributed by atoms with van der Waals surface area (Å²) >= 11 is 0. The zero-order valence-corrected chi connectivity index (χ0v) is 8.02. The Hall–Kier alpha value is 0.414. The molecule has 0 amide bonds. The van der Waals surface area contributed by atoms with E-state index in [-0.39, 0.29) is 29.1 Å². The van der Waals surface area contributed by atoms with E-state index in [1.54, 1.807) is 0 Å². The van der Waals surface area contributed by atoms with E-state index in [2.05, 4.69) is 18.7 Å². The quantitative estimate of drug-likeness (QED) is 0.403. The standard InChI is InChI=1S/C8H17NO.Ni/c1-8(2)9(3)6-4-5-7-10;/h8,10H,1-2,4-7H2,3H3;/q-2;+2. The van der Waals surface area contributed by atoms with E-state index < -0.39 is 0 Å². The van der Waals surface area contributed by atoms with Crippen molar-refractivity contribution in [3.63, 3.8) is 0 Å². The van der Waals surface area contributed by atoms with Crippen molar-refractivity contribution >= 4 is 0 Å². The van der Waals surface area contributed by atoms with E-state index >= 15 is 0 Å². The van der Waals surface area contributed by atoms with Gasteiger partial charge < -0.3 is 23.9 Å². The fourth-order valence-corrected chi connectivity index (χ4v) is 0.656. The third-order valence-corrected chi connectivity index (χ3v) is 1.54. The van der Waals surface area contributed by atoms with E-state index in [1.807, 2.05) is 7.05 Å². The van der Waals surface area contributed by atoms with E-state index in [9.17, 15) is 0 Å². The molecule has 0 saturated carbocycles. The summed E-state index contributed by atoms with van der Waals surface area (Å²) in [5, 5.41) is 8.47. The summed E-state index contributed by atoms with van der Waals surface area (Å²) in [4.78, 5) is 2.07. The average molecular weight is 202 g/mol. The Morgan fingerprint density at radius 1 is 1.36 bits per heavy atom. The first-order chi connectivity index (χ1) is 4.68. The summed E-state index contributed by atoms with van der Waals surface area (Å²) in [6.45, 7) is 8.79. The topological polar surface area (TPSA) is 23.5 Å². The van der Waals surface area contributed by atoms with Crippen LogP contribution in [0.4, 0.5) is 0 Å². The van der Waals surface area contributed by atoms with Crippen LogP contribution in [0.15, 0.2) is 0 Å². The van der Waals surface area contributed by atoms with Crippen molar-refractivity contribution in [1.82, 2.24) is 4.90 Å². The molecule has 0 aromatic carbocycles. The summed E-state index contributed by atoms with van der Waals surface area (Å²) in [5.41, 5.74) is 0. The van der Waals surface area contributed by atoms with E-state index in [0.717, 1.165) is 19.4 Å². The Morgan fingerprint density at radius 2 is 1.91 bits per heavy atom. The summed E-state index contributed by atoms with van der Waals surface area (Å²) in [6, 6.07) is 0.124. The van der Waals surface area contributed by atoms with Crippen molar-refractivity contribution < 1.29 is 21.6 Å². The third-order valence-electron chi connectivity index (χ3n) is 1.54. The van der Waals surface area contributed by atoms with Crippen LogP contribution in [0.25, 0.3) is 0 Å². The van der Waals surface area contributed by atoms with Crippen molar-refractivity contribution in [2.75, 3.05) is 20.2 Å². The van der Waals surface area contributed by atoms with Gasteiger partial charge in [0.15, 0.2) is 0 Å². The average Bonchev–Trinajstić information content (AvgIpc) is 1.88. The molecule has 0 aliphatic rings. The molecule has 0 atom stereocenters. The van der Waals surface area contributed by atoms with Gasteiger partial charge in [-0.1, -0.05) is 0 Å². The van der Waals surface area contributed by atoms with Gasteiger partial charge in [0.05, 0.1) is 0 Å². The number of aliphatic hydroxyl groups excluding tert-OH is 1. The second kappa shape index (κ2) is 8.51. The van der Waals surface area contributed by atoms with Gasteiger partial charge in [0.2, 0.25) is 0 Å². The summed E-state index contributed by atoms with van der Waals surface area (Å²) < 4.78 is 0. The Balaban J connectivity index is 0. The molecule has 0 heterocycles. The van der Waals surface area contributed by atoms with Gasteiger partial charge in [-0.3, -0.25) is 0 Å². The smallest absolute Gasteiger partial charge is 0.396 e. The molecule has 0 aromatic rings. The van der Waals surface area contributed by atoms with Gasteiger partial charge in [0, 0.05) is 6.61 Å². The zero-order valence-electron chi connectivity index (χ0n) is 7.03. The van der Waals surface area contributed by atoms with E-state index in [0.29, 0.717) is 0 Å². The molecule has 2 nitrogen and oxygen atoms in total. The molecule has 0 aliphatic carbocycles. The Labute approximate surface area is 79.9 Å². The molecule has 0 aromatic heterocycles. The van der Waals surface area contributed by atoms with Crippen molar-refractivity contribution in [3.05, 3.63) is 13.8 Å². The van der Waals surface area contributed by atoms with Crippen LogP contribution >= 0.6 is 0 Å². The van der Waals surface area contributed by atoms with Crippen LogP contribution in [0.2, 0.25) is 0 Å². The largest absolute Gasteiger partial charge is 2.00 e. The monoisotopic (exact) mass is 201 g/mol. The Morgan fingerprint density at radius 3 is 2.27 bits per heavy atom. The number of aliphatic hydroxyl groups is 1. The Bertz CT molecular complexity index is 78.5. The number of unbranched alkanes of at least 4 members (excludes halogenated alkanes) is 1. The van der Waals surface area contributed by atoms with Crippen LogP contribution in [0.5, 0.6) is 0 Å². The summed E-state index contributed by atoms with van der Waals surface area (Å²) in [6.07, 6.45) is 1.89. The predicted molar refractivity (Wildman–Crippen MR) is 43.5 cm³/mol. The maximum Gasteiger partial charge on any atom is 2.00 e. The molecule has 0 saturated heterocycles. The van der Waals surface area contributed by atoms with Crippen LogP contribution in [-0.2, 0) is 16.5 Å². The maximum absolute atomic E-state index is 8.47. The number of nitrogens with zero attached hydrogens (tertiary/aromatic N) is 1. The molecule has 11 heavy (non-hydrogen) atoms. The second-order valence-electron chi connectivity index (χ2n) is 2.57. The van der Waals surface area contributed by atoms with Crippen LogP contribution in [0.3, 0.4) is 0 Å². The molecular formula is C8H17NNiO. The van der Waals surface area contributed by atoms with Gasteiger partial charge >= 0.3 is 16.5 Å². The molecule has 0 radical (unpaired) electrons. The van der Waals surface area contributed by atoms with Crippen molar-refractivity contribution in [2.24, 2.45) is 0 Å². The van der Waals surface area contributed by atoms with Crippen molar-refractivity contribution in [2.45, 2.75) is 18.9 Å². The number of hydrogen-bond acceptors (Lipinski definition) is 2. The molecular weight excluding hydrogens is 185 g/mol. The maximum atomic E-state index is 8.47. The molecule has 0 spiro atoms. The summed E-state index contributed by atoms with van der Waals surface area (Å²) in [5.74, 6) is 0. The molecule has 0 rings (SSSR count). The van der Waals surface area contributed by atoms with Gasteiger partial charge in [0.1, 0.15) is 0 Å². The number of hydrogen-bond donors (Lipinski definition) is 1. The SMILES string of the molecule is [CH2-]C([CH2-])N(C)CCCCO.[Ni+2]. The second-order valence-corrected chi connectivity index (χ2v) is 2.57. The fourth-order valence-electron chi connectivity index (χ4n) is 0.656. The molecule has 70 valence electrons. The van der Waals surface area contributed by atoms with E-state index in [1.165, 1.54) is 0 Å². The summed E-state index contributed by atoms with van der Waals surface area (Å²) in [7, 11) is 1.99. The molecule has 0 aliphatic heterocycles. The van der Waals surface area contributed by atoms with Gasteiger partial charge in [-0.25, -0.2) is 6.04 Å². The van der Waals surface area contributed by atoms with Crippen molar-refractivity contribution in [1.29, 1.82) is 0 Å². The fraction of sp³-hybridized carbons (Fsp3) is 0.750. The predicted octanol–water partition coefficient (Wildman–Crippen LogP) is 0.725. The van der Waals surface area contributed by atoms with Crippen LogP contribution in [0, 0.1) is 13.8 Å². The minimum atomic E-state index is 0. The minimum absolute atomic E-state index is 0. The van der Waals surface area contributed by atoms with Gasteiger partial charge in [-0.2, -0.15) is 0 Å². The van der Waals surface area contributed by atoms with Crippen LogP contribution in [-0.4, -0.2) is 36.2 Å². The van der Waals surface area contributed by atoms with E-state index in [4.69, 9.17) is 5.11 Å². The first kappa shape index (κ1) is 14.0.